The van der Waals surface area contributed by atoms with Crippen LogP contribution in [0.25, 0.3) is 0 Å². The molecule has 1 aliphatic heterocycles. The highest BCUT2D eigenvalue weighted by atomic mass is 32.2. The first kappa shape index (κ1) is 15.8. The fourth-order valence-corrected chi connectivity index (χ4v) is 4.24. The van der Waals surface area contributed by atoms with Crippen LogP contribution in [-0.4, -0.2) is 32.4 Å². The molecule has 21 heavy (non-hydrogen) atoms. The Morgan fingerprint density at radius 2 is 1.71 bits per heavy atom. The number of hydrogen-bond donors (Lipinski definition) is 0. The molecule has 0 radical (unpaired) electrons. The summed E-state index contributed by atoms with van der Waals surface area (Å²) in [6.45, 7) is 1.33. The van der Waals surface area contributed by atoms with Gasteiger partial charge >= 0.3 is 10.2 Å². The number of nitrogens with zero attached hydrogens (tertiary/aromatic N) is 3. The zero-order chi connectivity index (χ0) is 15.1. The van der Waals surface area contributed by atoms with Crippen LogP contribution in [0.15, 0.2) is 30.3 Å². The van der Waals surface area contributed by atoms with Crippen LogP contribution in [0, 0.1) is 11.3 Å². The lowest BCUT2D eigenvalue weighted by atomic mass is 10.2. The molecule has 1 fully saturated rings. The second-order valence-electron chi connectivity index (χ2n) is 5.14. The third kappa shape index (κ3) is 3.96. The van der Waals surface area contributed by atoms with E-state index in [9.17, 15) is 8.42 Å². The molecule has 1 heterocycles. The van der Waals surface area contributed by atoms with Crippen molar-refractivity contribution in [1.82, 2.24) is 4.31 Å². The van der Waals surface area contributed by atoms with Gasteiger partial charge in [-0.1, -0.05) is 31.0 Å². The van der Waals surface area contributed by atoms with E-state index in [0.29, 0.717) is 18.8 Å². The van der Waals surface area contributed by atoms with Crippen LogP contribution in [0.1, 0.15) is 32.1 Å². The lowest BCUT2D eigenvalue weighted by Crippen LogP contribution is -2.44. The van der Waals surface area contributed by atoms with Crippen molar-refractivity contribution < 1.29 is 8.42 Å². The minimum Gasteiger partial charge on any atom is -0.257 e. The molecule has 1 aromatic rings. The van der Waals surface area contributed by atoms with E-state index in [0.717, 1.165) is 25.7 Å². The lowest BCUT2D eigenvalue weighted by molar-refractivity contribution is 0.421. The van der Waals surface area contributed by atoms with Crippen LogP contribution in [0.3, 0.4) is 0 Å². The minimum atomic E-state index is -3.56. The average Bonchev–Trinajstić information content (AvgIpc) is 2.78. The van der Waals surface area contributed by atoms with Gasteiger partial charge in [0.25, 0.3) is 0 Å². The number of hydrogen-bond acceptors (Lipinski definition) is 3. The first-order valence-electron chi connectivity index (χ1n) is 7.36. The van der Waals surface area contributed by atoms with Crippen LogP contribution < -0.4 is 4.31 Å². The van der Waals surface area contributed by atoms with Crippen LogP contribution in [-0.2, 0) is 10.2 Å². The Hall–Kier alpha value is -1.58. The van der Waals surface area contributed by atoms with Gasteiger partial charge in [-0.2, -0.15) is 18.0 Å². The van der Waals surface area contributed by atoms with Crippen LogP contribution in [0.5, 0.6) is 0 Å². The van der Waals surface area contributed by atoms with Crippen molar-refractivity contribution >= 4 is 15.9 Å². The van der Waals surface area contributed by atoms with Crippen molar-refractivity contribution in [2.75, 3.05) is 23.9 Å². The highest BCUT2D eigenvalue weighted by molar-refractivity contribution is 7.90. The fourth-order valence-electron chi connectivity index (χ4n) is 2.54. The highest BCUT2D eigenvalue weighted by Gasteiger charge is 2.29. The molecule has 5 nitrogen and oxygen atoms in total. The molecule has 0 saturated carbocycles. The maximum absolute atomic E-state index is 12.9. The topological polar surface area (TPSA) is 64.4 Å². The van der Waals surface area contributed by atoms with E-state index in [1.165, 1.54) is 4.31 Å². The number of anilines is 1. The third-order valence-electron chi connectivity index (χ3n) is 3.64. The standard InChI is InChI=1S/C15H21N3O2S/c16-11-8-14-18(15-9-4-3-5-10-15)21(19,20)17-12-6-1-2-7-13-17/h3-5,9-10H,1-2,6-8,12-14H2. The molecule has 0 aliphatic carbocycles. The predicted octanol–water partition coefficient (Wildman–Crippen LogP) is 2.53. The van der Waals surface area contributed by atoms with Gasteiger partial charge in [-0.15, -0.1) is 0 Å². The lowest BCUT2D eigenvalue weighted by Gasteiger charge is -2.30. The summed E-state index contributed by atoms with van der Waals surface area (Å²) in [6.07, 6.45) is 4.15. The zero-order valence-corrected chi connectivity index (χ0v) is 12.9. The maximum Gasteiger partial charge on any atom is 0.304 e. The van der Waals surface area contributed by atoms with Gasteiger partial charge in [0.15, 0.2) is 0 Å². The maximum atomic E-state index is 12.9. The van der Waals surface area contributed by atoms with E-state index in [4.69, 9.17) is 5.26 Å². The van der Waals surface area contributed by atoms with Gasteiger partial charge < -0.3 is 0 Å². The molecule has 1 aliphatic rings. The number of benzene rings is 1. The molecule has 0 spiro atoms. The number of para-hydroxylation sites is 1. The average molecular weight is 307 g/mol. The third-order valence-corrected chi connectivity index (χ3v) is 5.61. The predicted molar refractivity (Wildman–Crippen MR) is 83.0 cm³/mol. The Labute approximate surface area is 127 Å². The van der Waals surface area contributed by atoms with Crippen molar-refractivity contribution in [2.24, 2.45) is 0 Å². The van der Waals surface area contributed by atoms with Gasteiger partial charge in [-0.25, -0.2) is 0 Å². The van der Waals surface area contributed by atoms with E-state index in [1.54, 1.807) is 16.4 Å². The van der Waals surface area contributed by atoms with Crippen molar-refractivity contribution in [3.8, 4) is 6.07 Å². The van der Waals surface area contributed by atoms with E-state index in [2.05, 4.69) is 0 Å². The molecular formula is C15H21N3O2S. The summed E-state index contributed by atoms with van der Waals surface area (Å²) in [4.78, 5) is 0. The molecule has 0 N–H and O–H groups in total. The Morgan fingerprint density at radius 1 is 1.10 bits per heavy atom. The molecule has 2 rings (SSSR count). The van der Waals surface area contributed by atoms with Crippen LogP contribution in [0.2, 0.25) is 0 Å². The summed E-state index contributed by atoms with van der Waals surface area (Å²) in [5.74, 6) is 0. The van der Waals surface area contributed by atoms with E-state index in [1.807, 2.05) is 24.3 Å². The highest BCUT2D eigenvalue weighted by Crippen LogP contribution is 2.23. The van der Waals surface area contributed by atoms with Gasteiger partial charge in [0.1, 0.15) is 0 Å². The number of nitriles is 1. The summed E-state index contributed by atoms with van der Waals surface area (Å²) in [7, 11) is -3.56. The molecule has 6 heteroatoms. The molecule has 0 bridgehead atoms. The Bertz CT molecular complexity index is 573. The minimum absolute atomic E-state index is 0.183. The molecule has 0 unspecified atom stereocenters. The summed E-state index contributed by atoms with van der Waals surface area (Å²) < 4.78 is 28.7. The van der Waals surface area contributed by atoms with E-state index in [-0.39, 0.29) is 13.0 Å². The Kier molecular flexibility index (Phi) is 5.59. The molecule has 114 valence electrons. The second kappa shape index (κ2) is 7.43. The fraction of sp³-hybridized carbons (Fsp3) is 0.533. The van der Waals surface area contributed by atoms with Gasteiger partial charge in [0.05, 0.1) is 18.2 Å². The van der Waals surface area contributed by atoms with Gasteiger partial charge in [0, 0.05) is 19.6 Å². The molecule has 1 aromatic carbocycles. The summed E-state index contributed by atoms with van der Waals surface area (Å²) in [5, 5.41) is 8.80. The summed E-state index contributed by atoms with van der Waals surface area (Å²) >= 11 is 0. The molecule has 0 aromatic heterocycles. The molecule has 0 atom stereocenters. The zero-order valence-electron chi connectivity index (χ0n) is 12.1. The van der Waals surface area contributed by atoms with Crippen LogP contribution >= 0.6 is 0 Å². The number of rotatable bonds is 5. The summed E-state index contributed by atoms with van der Waals surface area (Å²) in [6, 6.07) is 11.0. The van der Waals surface area contributed by atoms with E-state index < -0.39 is 10.2 Å². The first-order valence-corrected chi connectivity index (χ1v) is 8.76. The molecular weight excluding hydrogens is 286 g/mol. The van der Waals surface area contributed by atoms with Crippen LogP contribution in [0.4, 0.5) is 5.69 Å². The monoisotopic (exact) mass is 307 g/mol. The molecule has 0 amide bonds. The largest absolute Gasteiger partial charge is 0.304 e. The Balaban J connectivity index is 2.28. The van der Waals surface area contributed by atoms with Gasteiger partial charge in [0.2, 0.25) is 0 Å². The normalized spacial score (nSPS) is 16.9. The van der Waals surface area contributed by atoms with Crippen molar-refractivity contribution in [1.29, 1.82) is 5.26 Å². The smallest absolute Gasteiger partial charge is 0.257 e. The van der Waals surface area contributed by atoms with Crippen molar-refractivity contribution in [2.45, 2.75) is 32.1 Å². The van der Waals surface area contributed by atoms with E-state index >= 15 is 0 Å². The SMILES string of the molecule is N#CCCN(c1ccccc1)S(=O)(=O)N1CCCCCC1. The van der Waals surface area contributed by atoms with Gasteiger partial charge in [-0.05, 0) is 25.0 Å². The second-order valence-corrected chi connectivity index (χ2v) is 6.99. The first-order chi connectivity index (χ1) is 10.2. The molecule has 1 saturated heterocycles. The Morgan fingerprint density at radius 3 is 2.29 bits per heavy atom. The van der Waals surface area contributed by atoms with Crippen molar-refractivity contribution in [3.63, 3.8) is 0 Å². The quantitative estimate of drug-likeness (QED) is 0.839. The van der Waals surface area contributed by atoms with Gasteiger partial charge in [-0.3, -0.25) is 4.31 Å². The summed E-state index contributed by atoms with van der Waals surface area (Å²) in [5.41, 5.74) is 0.622. The van der Waals surface area contributed by atoms with Crippen molar-refractivity contribution in [3.05, 3.63) is 30.3 Å².